The van der Waals surface area contributed by atoms with E-state index in [2.05, 4.69) is 20.1 Å². The molecule has 1 fully saturated rings. The van der Waals surface area contributed by atoms with Crippen LogP contribution in [-0.2, 0) is 11.2 Å². The molecule has 128 valence electrons. The lowest BCUT2D eigenvalue weighted by Gasteiger charge is -2.24. The monoisotopic (exact) mass is 329 g/mol. The molecule has 7 nitrogen and oxygen atoms in total. The van der Waals surface area contributed by atoms with Gasteiger partial charge in [0.05, 0.1) is 23.6 Å². The molecule has 2 aromatic heterocycles. The van der Waals surface area contributed by atoms with Crippen LogP contribution in [0.3, 0.4) is 0 Å². The Labute approximate surface area is 141 Å². The van der Waals surface area contributed by atoms with Gasteiger partial charge in [-0.1, -0.05) is 19.0 Å². The number of hydrogen-bond donors (Lipinski definition) is 0. The summed E-state index contributed by atoms with van der Waals surface area (Å²) in [6.07, 6.45) is 6.26. The maximum absolute atomic E-state index is 12.6. The van der Waals surface area contributed by atoms with Crippen molar-refractivity contribution in [3.63, 3.8) is 0 Å². The molecule has 0 radical (unpaired) electrons. The summed E-state index contributed by atoms with van der Waals surface area (Å²) in [6, 6.07) is 0.0267. The first-order valence-electron chi connectivity index (χ1n) is 8.45. The fourth-order valence-corrected chi connectivity index (χ4v) is 2.98. The largest absolute Gasteiger partial charge is 0.339 e. The van der Waals surface area contributed by atoms with Gasteiger partial charge in [-0.25, -0.2) is 0 Å². The van der Waals surface area contributed by atoms with Crippen molar-refractivity contribution in [2.45, 2.75) is 58.4 Å². The zero-order valence-corrected chi connectivity index (χ0v) is 14.4. The minimum absolute atomic E-state index is 0.0267. The van der Waals surface area contributed by atoms with Gasteiger partial charge in [-0.3, -0.25) is 14.8 Å². The van der Waals surface area contributed by atoms with Crippen LogP contribution < -0.4 is 0 Å². The molecular formula is C17H23N5O2. The van der Waals surface area contributed by atoms with Crippen molar-refractivity contribution in [3.8, 4) is 0 Å². The fourth-order valence-electron chi connectivity index (χ4n) is 2.98. The molecule has 3 heterocycles. The molecule has 0 N–H and O–H groups in total. The third-order valence-corrected chi connectivity index (χ3v) is 4.24. The van der Waals surface area contributed by atoms with Gasteiger partial charge in [0.1, 0.15) is 0 Å². The predicted molar refractivity (Wildman–Crippen MR) is 87.2 cm³/mol. The number of aromatic nitrogens is 4. The lowest BCUT2D eigenvalue weighted by Crippen LogP contribution is -2.31. The molecule has 0 bridgehead atoms. The first-order valence-corrected chi connectivity index (χ1v) is 8.45. The standard InChI is InChI=1S/C17H23N5O2/c1-11(2)17-20-15(24-21-17)6-7-16(23)22-8-4-5-14(22)13-10-18-9-12(3)19-13/h9-11,14H,4-8H2,1-3H3/t14-/m0/s1. The molecule has 1 amide bonds. The van der Waals surface area contributed by atoms with Crippen molar-refractivity contribution in [1.82, 2.24) is 25.0 Å². The van der Waals surface area contributed by atoms with Crippen LogP contribution in [-0.4, -0.2) is 37.5 Å². The van der Waals surface area contributed by atoms with Gasteiger partial charge in [0, 0.05) is 31.5 Å². The normalized spacial score (nSPS) is 17.7. The van der Waals surface area contributed by atoms with Gasteiger partial charge in [-0.05, 0) is 19.8 Å². The van der Waals surface area contributed by atoms with Crippen molar-refractivity contribution in [3.05, 3.63) is 35.5 Å². The summed E-state index contributed by atoms with van der Waals surface area (Å²) < 4.78 is 5.21. The Morgan fingerprint density at radius 2 is 2.21 bits per heavy atom. The van der Waals surface area contributed by atoms with Crippen LogP contribution in [0.2, 0.25) is 0 Å². The van der Waals surface area contributed by atoms with E-state index < -0.39 is 0 Å². The highest BCUT2D eigenvalue weighted by Crippen LogP contribution is 2.31. The number of aryl methyl sites for hydroxylation is 2. The summed E-state index contributed by atoms with van der Waals surface area (Å²) >= 11 is 0. The molecule has 1 saturated heterocycles. The summed E-state index contributed by atoms with van der Waals surface area (Å²) in [5, 5.41) is 3.93. The summed E-state index contributed by atoms with van der Waals surface area (Å²) in [5.74, 6) is 1.54. The van der Waals surface area contributed by atoms with E-state index in [0.29, 0.717) is 24.6 Å². The van der Waals surface area contributed by atoms with Crippen LogP contribution in [0.25, 0.3) is 0 Å². The summed E-state index contributed by atoms with van der Waals surface area (Å²) in [4.78, 5) is 27.6. The molecule has 7 heteroatoms. The lowest BCUT2D eigenvalue weighted by molar-refractivity contribution is -0.132. The molecule has 1 aliphatic heterocycles. The fraction of sp³-hybridized carbons (Fsp3) is 0.588. The Kier molecular flexibility index (Phi) is 4.87. The molecule has 1 aliphatic rings. The van der Waals surface area contributed by atoms with Gasteiger partial charge in [0.25, 0.3) is 0 Å². The zero-order chi connectivity index (χ0) is 17.1. The molecule has 0 spiro atoms. The minimum Gasteiger partial charge on any atom is -0.339 e. The second-order valence-corrected chi connectivity index (χ2v) is 6.53. The van der Waals surface area contributed by atoms with E-state index in [-0.39, 0.29) is 17.9 Å². The zero-order valence-electron chi connectivity index (χ0n) is 14.4. The van der Waals surface area contributed by atoms with Gasteiger partial charge in [-0.15, -0.1) is 0 Å². The van der Waals surface area contributed by atoms with E-state index in [1.165, 1.54) is 0 Å². The van der Waals surface area contributed by atoms with E-state index >= 15 is 0 Å². The first kappa shape index (κ1) is 16.5. The van der Waals surface area contributed by atoms with Gasteiger partial charge in [-0.2, -0.15) is 4.98 Å². The minimum atomic E-state index is 0.0267. The van der Waals surface area contributed by atoms with Gasteiger partial charge in [0.15, 0.2) is 5.82 Å². The Balaban J connectivity index is 1.63. The second kappa shape index (κ2) is 7.07. The average Bonchev–Trinajstić information content (AvgIpc) is 3.22. The topological polar surface area (TPSA) is 85.0 Å². The van der Waals surface area contributed by atoms with Crippen LogP contribution in [0, 0.1) is 6.92 Å². The molecule has 24 heavy (non-hydrogen) atoms. The highest BCUT2D eigenvalue weighted by Gasteiger charge is 2.31. The molecule has 3 rings (SSSR count). The molecule has 0 unspecified atom stereocenters. The van der Waals surface area contributed by atoms with Crippen molar-refractivity contribution >= 4 is 5.91 Å². The summed E-state index contributed by atoms with van der Waals surface area (Å²) in [6.45, 7) is 6.70. The molecule has 0 aliphatic carbocycles. The van der Waals surface area contributed by atoms with Crippen LogP contribution in [0.1, 0.15) is 68.2 Å². The van der Waals surface area contributed by atoms with Crippen molar-refractivity contribution < 1.29 is 9.32 Å². The smallest absolute Gasteiger partial charge is 0.227 e. The summed E-state index contributed by atoms with van der Waals surface area (Å²) in [7, 11) is 0. The van der Waals surface area contributed by atoms with Gasteiger partial charge >= 0.3 is 0 Å². The maximum Gasteiger partial charge on any atom is 0.227 e. The van der Waals surface area contributed by atoms with Crippen molar-refractivity contribution in [1.29, 1.82) is 0 Å². The molecule has 1 atom stereocenters. The van der Waals surface area contributed by atoms with E-state index in [1.54, 1.807) is 12.4 Å². The third-order valence-electron chi connectivity index (χ3n) is 4.24. The second-order valence-electron chi connectivity index (χ2n) is 6.53. The van der Waals surface area contributed by atoms with Crippen molar-refractivity contribution in [2.75, 3.05) is 6.54 Å². The Morgan fingerprint density at radius 3 is 2.92 bits per heavy atom. The van der Waals surface area contributed by atoms with Crippen LogP contribution in [0.5, 0.6) is 0 Å². The molecule has 0 aromatic carbocycles. The maximum atomic E-state index is 12.6. The first-order chi connectivity index (χ1) is 11.5. The average molecular weight is 329 g/mol. The number of nitrogens with zero attached hydrogens (tertiary/aromatic N) is 5. The molecular weight excluding hydrogens is 306 g/mol. The Morgan fingerprint density at radius 1 is 1.38 bits per heavy atom. The van der Waals surface area contributed by atoms with E-state index in [0.717, 1.165) is 30.8 Å². The number of rotatable bonds is 5. The molecule has 0 saturated carbocycles. The Hall–Kier alpha value is -2.31. The van der Waals surface area contributed by atoms with Crippen LogP contribution in [0.4, 0.5) is 0 Å². The van der Waals surface area contributed by atoms with Gasteiger partial charge < -0.3 is 9.42 Å². The number of carbonyl (C=O) groups excluding carboxylic acids is 1. The predicted octanol–water partition coefficient (Wildman–Crippen LogP) is 2.59. The SMILES string of the molecule is Cc1cncc([C@@H]2CCCN2C(=O)CCc2nc(C(C)C)no2)n1. The van der Waals surface area contributed by atoms with Crippen LogP contribution >= 0.6 is 0 Å². The Bertz CT molecular complexity index is 713. The highest BCUT2D eigenvalue weighted by molar-refractivity contribution is 5.77. The van der Waals surface area contributed by atoms with Gasteiger partial charge in [0.2, 0.25) is 11.8 Å². The van der Waals surface area contributed by atoms with E-state index in [1.807, 2.05) is 25.7 Å². The lowest BCUT2D eigenvalue weighted by atomic mass is 10.1. The van der Waals surface area contributed by atoms with E-state index in [9.17, 15) is 4.79 Å². The number of likely N-dealkylation sites (tertiary alicyclic amines) is 1. The van der Waals surface area contributed by atoms with Crippen molar-refractivity contribution in [2.24, 2.45) is 0 Å². The molecule has 2 aromatic rings. The summed E-state index contributed by atoms with van der Waals surface area (Å²) in [5.41, 5.74) is 1.75. The number of hydrogen-bond acceptors (Lipinski definition) is 6. The quantitative estimate of drug-likeness (QED) is 0.838. The van der Waals surface area contributed by atoms with E-state index in [4.69, 9.17) is 4.52 Å². The number of carbonyl (C=O) groups is 1. The van der Waals surface area contributed by atoms with Crippen LogP contribution in [0.15, 0.2) is 16.9 Å². The third kappa shape index (κ3) is 3.60. The highest BCUT2D eigenvalue weighted by atomic mass is 16.5. The number of amides is 1.